The number of carbonyl (C=O) groups is 1. The Balaban J connectivity index is 1.64. The zero-order valence-electron chi connectivity index (χ0n) is 15.4. The molecule has 6 nitrogen and oxygen atoms in total. The lowest BCUT2D eigenvalue weighted by Gasteiger charge is -2.20. The van der Waals surface area contributed by atoms with Crippen LogP contribution in [0.5, 0.6) is 5.75 Å². The summed E-state index contributed by atoms with van der Waals surface area (Å²) in [5.74, 6) is 1.18. The maximum absolute atomic E-state index is 12.6. The summed E-state index contributed by atoms with van der Waals surface area (Å²) >= 11 is 1.39. The predicted molar refractivity (Wildman–Crippen MR) is 106 cm³/mol. The van der Waals surface area contributed by atoms with E-state index in [0.717, 1.165) is 17.0 Å². The van der Waals surface area contributed by atoms with Crippen molar-refractivity contribution < 1.29 is 9.53 Å². The van der Waals surface area contributed by atoms with Gasteiger partial charge in [-0.25, -0.2) is 0 Å². The number of ether oxygens (including phenoxy) is 1. The average Bonchev–Trinajstić information content (AvgIpc) is 3.19. The summed E-state index contributed by atoms with van der Waals surface area (Å²) < 4.78 is 7.05. The van der Waals surface area contributed by atoms with Gasteiger partial charge in [0.15, 0.2) is 5.16 Å². The summed E-state index contributed by atoms with van der Waals surface area (Å²) in [5.41, 5.74) is 2.05. The second kappa shape index (κ2) is 9.23. The number of nitrogens with zero attached hydrogens (tertiary/aromatic N) is 4. The topological polar surface area (TPSA) is 60.2 Å². The van der Waals surface area contributed by atoms with Crippen molar-refractivity contribution in [2.75, 3.05) is 19.4 Å². The molecule has 3 rings (SSSR count). The van der Waals surface area contributed by atoms with E-state index < -0.39 is 0 Å². The minimum atomic E-state index is 0.0793. The van der Waals surface area contributed by atoms with Crippen molar-refractivity contribution >= 4 is 17.7 Å². The molecule has 0 N–H and O–H groups in total. The molecule has 0 aliphatic heterocycles. The van der Waals surface area contributed by atoms with Crippen LogP contribution in [-0.4, -0.2) is 45.0 Å². The summed E-state index contributed by atoms with van der Waals surface area (Å²) in [7, 11) is 1.63. The third-order valence-electron chi connectivity index (χ3n) is 4.14. The Morgan fingerprint density at radius 3 is 2.56 bits per heavy atom. The fourth-order valence-electron chi connectivity index (χ4n) is 2.64. The fraction of sp³-hybridized carbons (Fsp3) is 0.250. The minimum Gasteiger partial charge on any atom is -0.497 e. The van der Waals surface area contributed by atoms with Crippen LogP contribution in [0.3, 0.4) is 0 Å². The van der Waals surface area contributed by atoms with Gasteiger partial charge in [0.25, 0.3) is 0 Å². The first-order chi connectivity index (χ1) is 13.2. The Morgan fingerprint density at radius 2 is 1.89 bits per heavy atom. The molecule has 0 aliphatic carbocycles. The quantitative estimate of drug-likeness (QED) is 0.559. The van der Waals surface area contributed by atoms with Crippen molar-refractivity contribution in [3.63, 3.8) is 0 Å². The Labute approximate surface area is 163 Å². The van der Waals surface area contributed by atoms with Crippen molar-refractivity contribution in [3.05, 3.63) is 66.5 Å². The molecule has 0 aliphatic rings. The maximum atomic E-state index is 12.6. The van der Waals surface area contributed by atoms with Gasteiger partial charge in [-0.2, -0.15) is 0 Å². The van der Waals surface area contributed by atoms with Crippen molar-refractivity contribution in [2.24, 2.45) is 0 Å². The molecule has 0 unspecified atom stereocenters. The Morgan fingerprint density at radius 1 is 1.15 bits per heavy atom. The molecular weight excluding hydrogens is 360 g/mol. The van der Waals surface area contributed by atoms with Crippen LogP contribution >= 0.6 is 11.8 Å². The lowest BCUT2D eigenvalue weighted by molar-refractivity contribution is -0.128. The largest absolute Gasteiger partial charge is 0.497 e. The second-order valence-corrected chi connectivity index (χ2v) is 6.81. The third kappa shape index (κ3) is 4.89. The van der Waals surface area contributed by atoms with Gasteiger partial charge < -0.3 is 9.64 Å². The predicted octanol–water partition coefficient (Wildman–Crippen LogP) is 3.42. The van der Waals surface area contributed by atoms with Gasteiger partial charge in [0, 0.05) is 18.8 Å². The molecule has 0 atom stereocenters. The molecule has 2 aromatic carbocycles. The maximum Gasteiger partial charge on any atom is 0.233 e. The molecule has 140 valence electrons. The van der Waals surface area contributed by atoms with E-state index in [1.807, 2.05) is 71.0 Å². The molecule has 7 heteroatoms. The Bertz CT molecular complexity index is 865. The van der Waals surface area contributed by atoms with E-state index in [2.05, 4.69) is 10.2 Å². The molecule has 0 radical (unpaired) electrons. The van der Waals surface area contributed by atoms with Gasteiger partial charge in [-0.05, 0) is 36.8 Å². The number of thioether (sulfide) groups is 1. The molecule has 27 heavy (non-hydrogen) atoms. The molecule has 1 amide bonds. The van der Waals surface area contributed by atoms with Crippen LogP contribution in [0.15, 0.2) is 66.1 Å². The van der Waals surface area contributed by atoms with Gasteiger partial charge in [-0.3, -0.25) is 9.36 Å². The van der Waals surface area contributed by atoms with Gasteiger partial charge in [-0.1, -0.05) is 42.1 Å². The third-order valence-corrected chi connectivity index (χ3v) is 5.07. The molecular formula is C20H22N4O2S. The Hall–Kier alpha value is -2.80. The van der Waals surface area contributed by atoms with Crippen LogP contribution < -0.4 is 4.74 Å². The zero-order valence-corrected chi connectivity index (χ0v) is 16.2. The Kier molecular flexibility index (Phi) is 6.49. The lowest BCUT2D eigenvalue weighted by Crippen LogP contribution is -2.31. The van der Waals surface area contributed by atoms with E-state index in [-0.39, 0.29) is 5.91 Å². The molecule has 3 aromatic rings. The second-order valence-electron chi connectivity index (χ2n) is 5.86. The number of rotatable bonds is 8. The van der Waals surface area contributed by atoms with Gasteiger partial charge in [0.2, 0.25) is 5.91 Å². The van der Waals surface area contributed by atoms with Crippen LogP contribution in [0.25, 0.3) is 5.69 Å². The SMILES string of the molecule is CCN(Cc1ccccc1)C(=O)CSc1nncn1-c1ccc(OC)cc1. The van der Waals surface area contributed by atoms with Gasteiger partial charge in [0.1, 0.15) is 12.1 Å². The standard InChI is InChI=1S/C20H22N4O2S/c1-3-23(13-16-7-5-4-6-8-16)19(25)14-27-20-22-21-15-24(20)17-9-11-18(26-2)12-10-17/h4-12,15H,3,13-14H2,1-2H3. The normalized spacial score (nSPS) is 10.6. The lowest BCUT2D eigenvalue weighted by atomic mass is 10.2. The summed E-state index contributed by atoms with van der Waals surface area (Å²) in [5, 5.41) is 8.82. The van der Waals surface area contributed by atoms with E-state index in [1.54, 1.807) is 13.4 Å². The van der Waals surface area contributed by atoms with Crippen LogP contribution in [0.2, 0.25) is 0 Å². The molecule has 1 aromatic heterocycles. The first-order valence-electron chi connectivity index (χ1n) is 8.70. The van der Waals surface area contributed by atoms with Crippen molar-refractivity contribution in [1.82, 2.24) is 19.7 Å². The highest BCUT2D eigenvalue weighted by Crippen LogP contribution is 2.22. The minimum absolute atomic E-state index is 0.0793. The van der Waals surface area contributed by atoms with E-state index in [4.69, 9.17) is 4.74 Å². The fourth-order valence-corrected chi connectivity index (χ4v) is 3.47. The van der Waals surface area contributed by atoms with Gasteiger partial charge in [0.05, 0.1) is 12.9 Å². The van der Waals surface area contributed by atoms with Crippen LogP contribution in [0.1, 0.15) is 12.5 Å². The molecule has 0 saturated carbocycles. The van der Waals surface area contributed by atoms with Crippen molar-refractivity contribution in [2.45, 2.75) is 18.6 Å². The number of aromatic nitrogens is 3. The summed E-state index contributed by atoms with van der Waals surface area (Å²) in [4.78, 5) is 14.5. The van der Waals surface area contributed by atoms with Crippen molar-refractivity contribution in [3.8, 4) is 11.4 Å². The summed E-state index contributed by atoms with van der Waals surface area (Å²) in [6.45, 7) is 3.27. The number of carbonyl (C=O) groups excluding carboxylic acids is 1. The van der Waals surface area contributed by atoms with Crippen LogP contribution in [0, 0.1) is 0 Å². The monoisotopic (exact) mass is 382 g/mol. The zero-order chi connectivity index (χ0) is 19.1. The molecule has 0 bridgehead atoms. The van der Waals surface area contributed by atoms with E-state index >= 15 is 0 Å². The van der Waals surface area contributed by atoms with E-state index in [0.29, 0.717) is 24.0 Å². The van der Waals surface area contributed by atoms with Crippen LogP contribution in [-0.2, 0) is 11.3 Å². The molecule has 0 saturated heterocycles. The molecule has 0 fully saturated rings. The summed E-state index contributed by atoms with van der Waals surface area (Å²) in [6.07, 6.45) is 1.65. The summed E-state index contributed by atoms with van der Waals surface area (Å²) in [6, 6.07) is 17.6. The number of hydrogen-bond acceptors (Lipinski definition) is 5. The highest BCUT2D eigenvalue weighted by atomic mass is 32.2. The highest BCUT2D eigenvalue weighted by molar-refractivity contribution is 7.99. The number of methoxy groups -OCH3 is 1. The highest BCUT2D eigenvalue weighted by Gasteiger charge is 2.15. The number of benzene rings is 2. The first kappa shape index (κ1) is 19.0. The van der Waals surface area contributed by atoms with Crippen molar-refractivity contribution in [1.29, 1.82) is 0 Å². The molecule has 1 heterocycles. The average molecular weight is 382 g/mol. The number of amides is 1. The first-order valence-corrected chi connectivity index (χ1v) is 9.68. The van der Waals surface area contributed by atoms with Crippen LogP contribution in [0.4, 0.5) is 0 Å². The van der Waals surface area contributed by atoms with E-state index in [9.17, 15) is 4.79 Å². The number of hydrogen-bond donors (Lipinski definition) is 0. The van der Waals surface area contributed by atoms with Gasteiger partial charge in [-0.15, -0.1) is 10.2 Å². The van der Waals surface area contributed by atoms with E-state index in [1.165, 1.54) is 11.8 Å². The molecule has 0 spiro atoms. The van der Waals surface area contributed by atoms with Gasteiger partial charge >= 0.3 is 0 Å². The smallest absolute Gasteiger partial charge is 0.233 e.